The van der Waals surface area contributed by atoms with E-state index in [2.05, 4.69) is 12.2 Å². The van der Waals surface area contributed by atoms with Gasteiger partial charge in [-0.3, -0.25) is 4.79 Å². The van der Waals surface area contributed by atoms with Gasteiger partial charge in [0.25, 0.3) is 0 Å². The van der Waals surface area contributed by atoms with E-state index in [0.29, 0.717) is 6.54 Å². The molecule has 0 aliphatic carbocycles. The van der Waals surface area contributed by atoms with Gasteiger partial charge in [-0.25, -0.2) is 0 Å². The first-order chi connectivity index (χ1) is 10.7. The van der Waals surface area contributed by atoms with Crippen molar-refractivity contribution >= 4 is 5.91 Å². The van der Waals surface area contributed by atoms with Crippen LogP contribution in [0, 0.1) is 0 Å². The van der Waals surface area contributed by atoms with Crippen LogP contribution in [0.25, 0.3) is 0 Å². The molecule has 0 aliphatic rings. The molecule has 4 nitrogen and oxygen atoms in total. The van der Waals surface area contributed by atoms with E-state index in [1.54, 1.807) is 0 Å². The van der Waals surface area contributed by atoms with Crippen molar-refractivity contribution in [1.29, 1.82) is 0 Å². The Morgan fingerprint density at radius 3 is 1.91 bits per heavy atom. The maximum absolute atomic E-state index is 11.3. The van der Waals surface area contributed by atoms with Crippen molar-refractivity contribution in [2.24, 2.45) is 11.5 Å². The third-order valence-electron chi connectivity index (χ3n) is 4.21. The Kier molecular flexibility index (Phi) is 16.3. The minimum absolute atomic E-state index is 0.176. The van der Waals surface area contributed by atoms with E-state index in [4.69, 9.17) is 11.5 Å². The zero-order chi connectivity index (χ0) is 16.5. The SMILES string of the molecule is CCCCCCCCCCCCNC(CCCCN)C(N)=O. The predicted molar refractivity (Wildman–Crippen MR) is 95.7 cm³/mol. The van der Waals surface area contributed by atoms with E-state index in [-0.39, 0.29) is 11.9 Å². The van der Waals surface area contributed by atoms with E-state index >= 15 is 0 Å². The number of amides is 1. The number of rotatable bonds is 17. The van der Waals surface area contributed by atoms with Crippen molar-refractivity contribution in [3.8, 4) is 0 Å². The first kappa shape index (κ1) is 21.4. The monoisotopic (exact) mass is 313 g/mol. The fourth-order valence-electron chi connectivity index (χ4n) is 2.73. The molecule has 0 heterocycles. The van der Waals surface area contributed by atoms with Gasteiger partial charge in [0, 0.05) is 0 Å². The number of carbonyl (C=O) groups excluding carboxylic acids is 1. The number of unbranched alkanes of at least 4 members (excludes halogenated alkanes) is 10. The molecule has 0 saturated carbocycles. The second-order valence-electron chi connectivity index (χ2n) is 6.38. The van der Waals surface area contributed by atoms with Crippen LogP contribution < -0.4 is 16.8 Å². The molecule has 0 aromatic rings. The fourth-order valence-corrected chi connectivity index (χ4v) is 2.73. The Labute approximate surface area is 137 Å². The topological polar surface area (TPSA) is 81.1 Å². The van der Waals surface area contributed by atoms with Crippen LogP contribution in [-0.4, -0.2) is 25.0 Å². The van der Waals surface area contributed by atoms with Gasteiger partial charge in [0.15, 0.2) is 0 Å². The first-order valence-corrected chi connectivity index (χ1v) is 9.45. The Bertz CT molecular complexity index is 246. The summed E-state index contributed by atoms with van der Waals surface area (Å²) in [4.78, 5) is 11.3. The van der Waals surface area contributed by atoms with Crippen molar-refractivity contribution in [2.45, 2.75) is 96.4 Å². The summed E-state index contributed by atoms with van der Waals surface area (Å²) in [5, 5.41) is 3.29. The summed E-state index contributed by atoms with van der Waals surface area (Å²) < 4.78 is 0. The molecule has 0 saturated heterocycles. The largest absolute Gasteiger partial charge is 0.368 e. The van der Waals surface area contributed by atoms with E-state index in [0.717, 1.165) is 32.2 Å². The van der Waals surface area contributed by atoms with E-state index in [1.165, 1.54) is 57.8 Å². The third-order valence-corrected chi connectivity index (χ3v) is 4.21. The van der Waals surface area contributed by atoms with Crippen LogP contribution in [0.15, 0.2) is 0 Å². The van der Waals surface area contributed by atoms with Crippen molar-refractivity contribution < 1.29 is 4.79 Å². The number of nitrogens with one attached hydrogen (secondary N) is 1. The van der Waals surface area contributed by atoms with Crippen molar-refractivity contribution in [1.82, 2.24) is 5.32 Å². The van der Waals surface area contributed by atoms with Gasteiger partial charge in [-0.2, -0.15) is 0 Å². The molecule has 132 valence electrons. The van der Waals surface area contributed by atoms with Crippen LogP contribution in [0.1, 0.15) is 90.4 Å². The second kappa shape index (κ2) is 16.8. The summed E-state index contributed by atoms with van der Waals surface area (Å²) in [6, 6.07) is -0.176. The standard InChI is InChI=1S/C18H39N3O/c1-2-3-4-5-6-7-8-9-10-13-16-21-17(18(20)22)14-11-12-15-19/h17,21H,2-16,19H2,1H3,(H2,20,22). The number of hydrogen-bond donors (Lipinski definition) is 3. The number of nitrogens with two attached hydrogens (primary N) is 2. The number of primary amides is 1. The van der Waals surface area contributed by atoms with Crippen molar-refractivity contribution in [2.75, 3.05) is 13.1 Å². The van der Waals surface area contributed by atoms with Gasteiger partial charge in [-0.05, 0) is 32.4 Å². The van der Waals surface area contributed by atoms with Gasteiger partial charge in [-0.15, -0.1) is 0 Å². The lowest BCUT2D eigenvalue weighted by molar-refractivity contribution is -0.120. The lowest BCUT2D eigenvalue weighted by Crippen LogP contribution is -2.41. The summed E-state index contributed by atoms with van der Waals surface area (Å²) in [5.41, 5.74) is 10.9. The van der Waals surface area contributed by atoms with Crippen LogP contribution in [0.4, 0.5) is 0 Å². The van der Waals surface area contributed by atoms with Crippen LogP contribution in [0.2, 0.25) is 0 Å². The summed E-state index contributed by atoms with van der Waals surface area (Å²) in [6.07, 6.45) is 16.1. The molecule has 1 unspecified atom stereocenters. The van der Waals surface area contributed by atoms with Crippen LogP contribution in [0.5, 0.6) is 0 Å². The molecule has 5 N–H and O–H groups in total. The molecule has 0 fully saturated rings. The molecule has 1 amide bonds. The van der Waals surface area contributed by atoms with Crippen molar-refractivity contribution in [3.63, 3.8) is 0 Å². The predicted octanol–water partition coefficient (Wildman–Crippen LogP) is 3.48. The molecule has 0 radical (unpaired) electrons. The second-order valence-corrected chi connectivity index (χ2v) is 6.38. The molecule has 0 spiro atoms. The van der Waals surface area contributed by atoms with Crippen LogP contribution in [0.3, 0.4) is 0 Å². The summed E-state index contributed by atoms with van der Waals surface area (Å²) in [5.74, 6) is -0.232. The minimum atomic E-state index is -0.232. The Morgan fingerprint density at radius 2 is 1.41 bits per heavy atom. The molecule has 22 heavy (non-hydrogen) atoms. The molecule has 0 aromatic carbocycles. The molecule has 4 heteroatoms. The maximum Gasteiger partial charge on any atom is 0.234 e. The first-order valence-electron chi connectivity index (χ1n) is 9.45. The van der Waals surface area contributed by atoms with Crippen LogP contribution in [-0.2, 0) is 4.79 Å². The lowest BCUT2D eigenvalue weighted by Gasteiger charge is -2.15. The summed E-state index contributed by atoms with van der Waals surface area (Å²) in [7, 11) is 0. The van der Waals surface area contributed by atoms with Gasteiger partial charge in [0.05, 0.1) is 6.04 Å². The molecular formula is C18H39N3O. The maximum atomic E-state index is 11.3. The Hall–Kier alpha value is -0.610. The highest BCUT2D eigenvalue weighted by atomic mass is 16.1. The van der Waals surface area contributed by atoms with Crippen molar-refractivity contribution in [3.05, 3.63) is 0 Å². The highest BCUT2D eigenvalue weighted by Crippen LogP contribution is 2.10. The molecule has 0 aromatic heterocycles. The average Bonchev–Trinajstić information content (AvgIpc) is 2.50. The smallest absolute Gasteiger partial charge is 0.234 e. The Morgan fingerprint density at radius 1 is 0.864 bits per heavy atom. The normalized spacial score (nSPS) is 12.5. The van der Waals surface area contributed by atoms with Gasteiger partial charge < -0.3 is 16.8 Å². The molecule has 1 atom stereocenters. The Balaban J connectivity index is 3.36. The van der Waals surface area contributed by atoms with Gasteiger partial charge in [-0.1, -0.05) is 71.1 Å². The quantitative estimate of drug-likeness (QED) is 0.360. The molecule has 0 rings (SSSR count). The minimum Gasteiger partial charge on any atom is -0.368 e. The van der Waals surface area contributed by atoms with Gasteiger partial charge in [0.1, 0.15) is 0 Å². The molecular weight excluding hydrogens is 274 g/mol. The summed E-state index contributed by atoms with van der Waals surface area (Å²) >= 11 is 0. The van der Waals surface area contributed by atoms with E-state index < -0.39 is 0 Å². The van der Waals surface area contributed by atoms with Gasteiger partial charge >= 0.3 is 0 Å². The van der Waals surface area contributed by atoms with E-state index in [1.807, 2.05) is 0 Å². The van der Waals surface area contributed by atoms with Crippen LogP contribution >= 0.6 is 0 Å². The molecule has 0 bridgehead atoms. The highest BCUT2D eigenvalue weighted by molar-refractivity contribution is 5.79. The summed E-state index contributed by atoms with van der Waals surface area (Å²) in [6.45, 7) is 3.84. The zero-order valence-corrected chi connectivity index (χ0v) is 14.7. The fraction of sp³-hybridized carbons (Fsp3) is 0.944. The average molecular weight is 314 g/mol. The number of carbonyl (C=O) groups is 1. The lowest BCUT2D eigenvalue weighted by atomic mass is 10.1. The zero-order valence-electron chi connectivity index (χ0n) is 14.7. The number of hydrogen-bond acceptors (Lipinski definition) is 3. The molecule has 0 aliphatic heterocycles. The van der Waals surface area contributed by atoms with Gasteiger partial charge in [0.2, 0.25) is 5.91 Å². The third kappa shape index (κ3) is 14.3. The highest BCUT2D eigenvalue weighted by Gasteiger charge is 2.13. The van der Waals surface area contributed by atoms with E-state index in [9.17, 15) is 4.79 Å².